The Labute approximate surface area is 130 Å². The van der Waals surface area contributed by atoms with Gasteiger partial charge in [-0.25, -0.2) is 0 Å². The molecule has 0 aromatic heterocycles. The second-order valence-corrected chi connectivity index (χ2v) is 6.35. The van der Waals surface area contributed by atoms with Crippen LogP contribution in [0.15, 0.2) is 42.5 Å². The monoisotopic (exact) mass is 356 g/mol. The van der Waals surface area contributed by atoms with Crippen molar-refractivity contribution < 1.29 is 4.74 Å². The maximum absolute atomic E-state index is 6.27. The van der Waals surface area contributed by atoms with Crippen molar-refractivity contribution in [1.29, 1.82) is 0 Å². The van der Waals surface area contributed by atoms with Crippen LogP contribution in [-0.4, -0.2) is 6.61 Å². The van der Waals surface area contributed by atoms with Crippen molar-refractivity contribution in [2.24, 2.45) is 0 Å². The summed E-state index contributed by atoms with van der Waals surface area (Å²) >= 11 is 16.0. The standard InChI is InChI=1S/C15H11BrCl2O/c16-15(11-6-5-9(17)7-13(11)18)12-8-19-14-4-2-1-3-10(12)14/h1-7,12,15H,8H2. The molecule has 0 fully saturated rings. The van der Waals surface area contributed by atoms with Crippen molar-refractivity contribution in [3.8, 4) is 5.75 Å². The number of benzene rings is 2. The highest BCUT2D eigenvalue weighted by Crippen LogP contribution is 2.47. The molecule has 1 aliphatic heterocycles. The molecule has 1 aliphatic rings. The first-order valence-electron chi connectivity index (χ1n) is 5.97. The van der Waals surface area contributed by atoms with E-state index in [4.69, 9.17) is 27.9 Å². The summed E-state index contributed by atoms with van der Waals surface area (Å²) in [5.74, 6) is 1.22. The molecule has 2 unspecified atom stereocenters. The topological polar surface area (TPSA) is 9.23 Å². The van der Waals surface area contributed by atoms with E-state index in [1.54, 1.807) is 6.07 Å². The average Bonchev–Trinajstić information content (AvgIpc) is 2.82. The minimum absolute atomic E-state index is 0.112. The average molecular weight is 358 g/mol. The van der Waals surface area contributed by atoms with Gasteiger partial charge in [-0.3, -0.25) is 0 Å². The molecule has 2 aromatic rings. The van der Waals surface area contributed by atoms with Crippen molar-refractivity contribution in [2.45, 2.75) is 10.7 Å². The molecule has 1 heterocycles. The minimum atomic E-state index is 0.112. The summed E-state index contributed by atoms with van der Waals surface area (Å²) in [6.45, 7) is 0.661. The molecule has 2 atom stereocenters. The molecule has 98 valence electrons. The first kappa shape index (κ1) is 13.3. The third-order valence-electron chi connectivity index (χ3n) is 3.35. The number of hydrogen-bond donors (Lipinski definition) is 0. The molecule has 0 saturated carbocycles. The summed E-state index contributed by atoms with van der Waals surface area (Å²) in [5.41, 5.74) is 2.26. The van der Waals surface area contributed by atoms with Crippen LogP contribution in [0.25, 0.3) is 0 Å². The Kier molecular flexibility index (Phi) is 3.75. The molecule has 1 nitrogen and oxygen atoms in total. The van der Waals surface area contributed by atoms with Gasteiger partial charge in [0.05, 0.1) is 11.4 Å². The second-order valence-electron chi connectivity index (χ2n) is 4.52. The van der Waals surface area contributed by atoms with Gasteiger partial charge in [-0.05, 0) is 23.8 Å². The lowest BCUT2D eigenvalue weighted by atomic mass is 9.93. The van der Waals surface area contributed by atoms with Crippen LogP contribution < -0.4 is 4.74 Å². The van der Waals surface area contributed by atoms with Gasteiger partial charge in [0.2, 0.25) is 0 Å². The minimum Gasteiger partial charge on any atom is -0.493 e. The number of fused-ring (bicyclic) bond motifs is 1. The number of halogens is 3. The zero-order valence-electron chi connectivity index (χ0n) is 9.95. The van der Waals surface area contributed by atoms with Crippen LogP contribution in [-0.2, 0) is 0 Å². The van der Waals surface area contributed by atoms with Gasteiger partial charge in [0.1, 0.15) is 5.75 Å². The third-order valence-corrected chi connectivity index (χ3v) is 5.04. The fourth-order valence-corrected chi connectivity index (χ4v) is 3.87. The van der Waals surface area contributed by atoms with E-state index in [1.807, 2.05) is 30.3 Å². The molecular formula is C15H11BrCl2O. The van der Waals surface area contributed by atoms with E-state index < -0.39 is 0 Å². The van der Waals surface area contributed by atoms with Crippen LogP contribution in [0.5, 0.6) is 5.75 Å². The maximum atomic E-state index is 6.27. The molecule has 4 heteroatoms. The Hall–Kier alpha value is -0.700. The normalized spacial score (nSPS) is 18.8. The predicted octanol–water partition coefficient (Wildman–Crippen LogP) is 5.61. The van der Waals surface area contributed by atoms with Gasteiger partial charge in [0.15, 0.2) is 0 Å². The lowest BCUT2D eigenvalue weighted by Crippen LogP contribution is -2.08. The van der Waals surface area contributed by atoms with Crippen molar-refractivity contribution in [1.82, 2.24) is 0 Å². The quantitative estimate of drug-likeness (QED) is 0.635. The van der Waals surface area contributed by atoms with Gasteiger partial charge < -0.3 is 4.74 Å². The highest BCUT2D eigenvalue weighted by atomic mass is 79.9. The highest BCUT2D eigenvalue weighted by Gasteiger charge is 2.31. The molecule has 0 N–H and O–H groups in total. The molecule has 0 bridgehead atoms. The number of hydrogen-bond acceptors (Lipinski definition) is 1. The zero-order valence-corrected chi connectivity index (χ0v) is 13.0. The van der Waals surface area contributed by atoms with Gasteiger partial charge in [-0.1, -0.05) is 63.4 Å². The zero-order chi connectivity index (χ0) is 13.4. The van der Waals surface area contributed by atoms with E-state index in [0.717, 1.165) is 11.3 Å². The van der Waals surface area contributed by atoms with Crippen molar-refractivity contribution >= 4 is 39.1 Å². The van der Waals surface area contributed by atoms with Gasteiger partial charge in [0.25, 0.3) is 0 Å². The van der Waals surface area contributed by atoms with Crippen molar-refractivity contribution in [2.75, 3.05) is 6.61 Å². The number of ether oxygens (including phenoxy) is 1. The van der Waals surface area contributed by atoms with E-state index in [2.05, 4.69) is 22.0 Å². The van der Waals surface area contributed by atoms with Gasteiger partial charge in [-0.2, -0.15) is 0 Å². The molecule has 0 saturated heterocycles. The highest BCUT2D eigenvalue weighted by molar-refractivity contribution is 9.09. The number of alkyl halides is 1. The van der Waals surface area contributed by atoms with E-state index in [9.17, 15) is 0 Å². The van der Waals surface area contributed by atoms with E-state index in [-0.39, 0.29) is 10.7 Å². The largest absolute Gasteiger partial charge is 0.493 e. The third kappa shape index (κ3) is 2.49. The van der Waals surface area contributed by atoms with Gasteiger partial charge >= 0.3 is 0 Å². The summed E-state index contributed by atoms with van der Waals surface area (Å²) in [4.78, 5) is 0.112. The van der Waals surface area contributed by atoms with Crippen molar-refractivity contribution in [3.05, 3.63) is 63.6 Å². The maximum Gasteiger partial charge on any atom is 0.122 e. The molecule has 0 spiro atoms. The lowest BCUT2D eigenvalue weighted by molar-refractivity contribution is 0.329. The Balaban J connectivity index is 1.95. The Bertz CT molecular complexity index is 615. The van der Waals surface area contributed by atoms with E-state index in [1.165, 1.54) is 5.56 Å². The van der Waals surface area contributed by atoms with Crippen molar-refractivity contribution in [3.63, 3.8) is 0 Å². The Morgan fingerprint density at radius 3 is 2.74 bits per heavy atom. The van der Waals surface area contributed by atoms with Crippen LogP contribution in [0.3, 0.4) is 0 Å². The molecule has 0 radical (unpaired) electrons. The first-order valence-corrected chi connectivity index (χ1v) is 7.64. The fraction of sp³-hybridized carbons (Fsp3) is 0.200. The fourth-order valence-electron chi connectivity index (χ4n) is 2.37. The smallest absolute Gasteiger partial charge is 0.122 e. The molecule has 0 amide bonds. The van der Waals surface area contributed by atoms with E-state index in [0.29, 0.717) is 16.7 Å². The SMILES string of the molecule is Clc1ccc(C(Br)C2COc3ccccc32)c(Cl)c1. The summed E-state index contributed by atoms with van der Waals surface area (Å²) in [5, 5.41) is 1.33. The van der Waals surface area contributed by atoms with Crippen LogP contribution in [0.4, 0.5) is 0 Å². The number of para-hydroxylation sites is 1. The second kappa shape index (κ2) is 5.35. The lowest BCUT2D eigenvalue weighted by Gasteiger charge is -2.18. The molecule has 19 heavy (non-hydrogen) atoms. The van der Waals surface area contributed by atoms with Crippen LogP contribution >= 0.6 is 39.1 Å². The molecular weight excluding hydrogens is 347 g/mol. The van der Waals surface area contributed by atoms with Gasteiger partial charge in [0, 0.05) is 21.5 Å². The Morgan fingerprint density at radius 1 is 1.16 bits per heavy atom. The summed E-state index contributed by atoms with van der Waals surface area (Å²) < 4.78 is 5.72. The summed E-state index contributed by atoms with van der Waals surface area (Å²) in [6.07, 6.45) is 0. The number of rotatable bonds is 2. The van der Waals surface area contributed by atoms with Crippen LogP contribution in [0.1, 0.15) is 21.9 Å². The Morgan fingerprint density at radius 2 is 1.95 bits per heavy atom. The van der Waals surface area contributed by atoms with Crippen LogP contribution in [0.2, 0.25) is 10.0 Å². The summed E-state index contributed by atoms with van der Waals surface area (Å²) in [7, 11) is 0. The first-order chi connectivity index (χ1) is 9.16. The predicted molar refractivity (Wildman–Crippen MR) is 82.8 cm³/mol. The summed E-state index contributed by atoms with van der Waals surface area (Å²) in [6, 6.07) is 13.7. The molecule has 2 aromatic carbocycles. The molecule has 3 rings (SSSR count). The van der Waals surface area contributed by atoms with E-state index >= 15 is 0 Å². The van der Waals surface area contributed by atoms with Crippen LogP contribution in [0, 0.1) is 0 Å². The molecule has 0 aliphatic carbocycles. The van der Waals surface area contributed by atoms with Gasteiger partial charge in [-0.15, -0.1) is 0 Å².